The van der Waals surface area contributed by atoms with E-state index in [1.807, 2.05) is 31.2 Å². The first kappa shape index (κ1) is 11.3. The van der Waals surface area contributed by atoms with Gasteiger partial charge in [0.1, 0.15) is 0 Å². The molecular formula is C12H14N4O. The summed E-state index contributed by atoms with van der Waals surface area (Å²) in [5.74, 6) is 0.449. The van der Waals surface area contributed by atoms with Gasteiger partial charge in [0.2, 0.25) is 11.9 Å². The summed E-state index contributed by atoms with van der Waals surface area (Å²) in [4.78, 5) is 15.6. The summed E-state index contributed by atoms with van der Waals surface area (Å²) in [7, 11) is 0. The Hall–Kier alpha value is -2.17. The predicted octanol–water partition coefficient (Wildman–Crippen LogP) is 1.89. The van der Waals surface area contributed by atoms with Crippen LogP contribution in [0.25, 0.3) is 11.4 Å². The molecule has 0 radical (unpaired) electrons. The first-order valence-corrected chi connectivity index (χ1v) is 5.44. The second-order valence-corrected chi connectivity index (χ2v) is 3.82. The highest BCUT2D eigenvalue weighted by Crippen LogP contribution is 2.17. The van der Waals surface area contributed by atoms with E-state index in [0.717, 1.165) is 15.8 Å². The predicted molar refractivity (Wildman–Crippen MR) is 65.5 cm³/mol. The average molecular weight is 230 g/mol. The summed E-state index contributed by atoms with van der Waals surface area (Å²) >= 11 is 0. The summed E-state index contributed by atoms with van der Waals surface area (Å²) in [5.41, 5.74) is 7.66. The molecular weight excluding hydrogens is 216 g/mol. The van der Waals surface area contributed by atoms with Crippen molar-refractivity contribution >= 4 is 11.9 Å². The normalized spacial score (nSPS) is 10.5. The van der Waals surface area contributed by atoms with Crippen molar-refractivity contribution in [2.45, 2.75) is 20.3 Å². The molecule has 2 rings (SSSR count). The Morgan fingerprint density at radius 3 is 2.59 bits per heavy atom. The Morgan fingerprint density at radius 2 is 2.00 bits per heavy atom. The van der Waals surface area contributed by atoms with Crippen molar-refractivity contribution in [1.29, 1.82) is 0 Å². The molecule has 2 N–H and O–H groups in total. The van der Waals surface area contributed by atoms with Crippen molar-refractivity contribution in [3.8, 4) is 11.4 Å². The number of carbonyl (C=O) groups excluding carboxylic acids is 1. The fourth-order valence-corrected chi connectivity index (χ4v) is 1.48. The van der Waals surface area contributed by atoms with Gasteiger partial charge in [-0.3, -0.25) is 4.79 Å². The fraction of sp³-hybridized carbons (Fsp3) is 0.250. The van der Waals surface area contributed by atoms with Crippen molar-refractivity contribution in [3.63, 3.8) is 0 Å². The minimum Gasteiger partial charge on any atom is -0.368 e. The van der Waals surface area contributed by atoms with Gasteiger partial charge in [-0.15, -0.1) is 5.10 Å². The highest BCUT2D eigenvalue weighted by molar-refractivity contribution is 5.80. The minimum absolute atomic E-state index is 0.132. The maximum atomic E-state index is 11.5. The highest BCUT2D eigenvalue weighted by atomic mass is 16.2. The van der Waals surface area contributed by atoms with Gasteiger partial charge in [0.05, 0.1) is 0 Å². The molecule has 0 fully saturated rings. The van der Waals surface area contributed by atoms with Crippen LogP contribution in [-0.4, -0.2) is 20.7 Å². The van der Waals surface area contributed by atoms with Crippen molar-refractivity contribution in [3.05, 3.63) is 29.8 Å². The van der Waals surface area contributed by atoms with E-state index in [4.69, 9.17) is 5.73 Å². The van der Waals surface area contributed by atoms with Crippen LogP contribution in [0.5, 0.6) is 0 Å². The van der Waals surface area contributed by atoms with Gasteiger partial charge in [0.15, 0.2) is 5.82 Å². The zero-order valence-corrected chi connectivity index (χ0v) is 9.84. The summed E-state index contributed by atoms with van der Waals surface area (Å²) in [6.07, 6.45) is 0.348. The van der Waals surface area contributed by atoms with Crippen molar-refractivity contribution in [2.75, 3.05) is 5.73 Å². The lowest BCUT2D eigenvalue weighted by atomic mass is 10.1. The number of nitrogen functional groups attached to an aromatic ring is 1. The zero-order chi connectivity index (χ0) is 12.4. The van der Waals surface area contributed by atoms with Crippen LogP contribution in [0, 0.1) is 6.92 Å². The van der Waals surface area contributed by atoms with Crippen molar-refractivity contribution < 1.29 is 4.79 Å². The van der Waals surface area contributed by atoms with Crippen LogP contribution in [0.2, 0.25) is 0 Å². The van der Waals surface area contributed by atoms with Gasteiger partial charge in [-0.05, 0) is 6.92 Å². The van der Waals surface area contributed by atoms with E-state index >= 15 is 0 Å². The Morgan fingerprint density at radius 1 is 1.35 bits per heavy atom. The summed E-state index contributed by atoms with van der Waals surface area (Å²) in [6.45, 7) is 3.76. The lowest BCUT2D eigenvalue weighted by molar-refractivity contribution is 0.0896. The van der Waals surface area contributed by atoms with Gasteiger partial charge >= 0.3 is 0 Å². The Kier molecular flexibility index (Phi) is 2.91. The molecule has 0 unspecified atom stereocenters. The molecule has 88 valence electrons. The molecule has 0 aliphatic rings. The van der Waals surface area contributed by atoms with E-state index in [-0.39, 0.29) is 11.9 Å². The Labute approximate surface area is 99.3 Å². The van der Waals surface area contributed by atoms with Crippen molar-refractivity contribution in [1.82, 2.24) is 14.8 Å². The van der Waals surface area contributed by atoms with E-state index < -0.39 is 0 Å². The van der Waals surface area contributed by atoms with E-state index in [0.29, 0.717) is 12.2 Å². The molecule has 1 aromatic carbocycles. The third-order valence-corrected chi connectivity index (χ3v) is 2.48. The SMILES string of the molecule is CCC(=O)n1nc(-c2ccc(C)cc2)nc1N. The second-order valence-electron chi connectivity index (χ2n) is 3.82. The number of rotatable bonds is 2. The molecule has 2 aromatic rings. The van der Waals surface area contributed by atoms with Crippen LogP contribution in [0.4, 0.5) is 5.95 Å². The number of nitrogens with zero attached hydrogens (tertiary/aromatic N) is 3. The molecule has 17 heavy (non-hydrogen) atoms. The number of hydrogen-bond donors (Lipinski definition) is 1. The summed E-state index contributed by atoms with van der Waals surface area (Å²) in [6, 6.07) is 7.75. The standard InChI is InChI=1S/C12H14N4O/c1-3-10(17)16-12(13)14-11(15-16)9-6-4-8(2)5-7-9/h4-7H,3H2,1-2H3,(H2,13,14,15). The average Bonchev–Trinajstić information content (AvgIpc) is 2.71. The van der Waals surface area contributed by atoms with Crippen LogP contribution in [-0.2, 0) is 0 Å². The minimum atomic E-state index is -0.159. The first-order chi connectivity index (χ1) is 8.11. The zero-order valence-electron chi connectivity index (χ0n) is 9.84. The Balaban J connectivity index is 2.41. The number of aromatic nitrogens is 3. The first-order valence-electron chi connectivity index (χ1n) is 5.44. The number of nitrogens with two attached hydrogens (primary N) is 1. The number of anilines is 1. The van der Waals surface area contributed by atoms with Crippen LogP contribution in [0.3, 0.4) is 0 Å². The van der Waals surface area contributed by atoms with Crippen molar-refractivity contribution in [2.24, 2.45) is 0 Å². The van der Waals surface area contributed by atoms with E-state index in [9.17, 15) is 4.79 Å². The number of hydrogen-bond acceptors (Lipinski definition) is 4. The summed E-state index contributed by atoms with van der Waals surface area (Å²) in [5, 5.41) is 4.11. The van der Waals surface area contributed by atoms with Gasteiger partial charge in [0.25, 0.3) is 0 Å². The second kappa shape index (κ2) is 4.37. The molecule has 0 aliphatic heterocycles. The molecule has 1 aromatic heterocycles. The molecule has 0 amide bonds. The quantitative estimate of drug-likeness (QED) is 0.854. The number of aryl methyl sites for hydroxylation is 1. The van der Waals surface area contributed by atoms with E-state index in [2.05, 4.69) is 10.1 Å². The van der Waals surface area contributed by atoms with Gasteiger partial charge in [-0.25, -0.2) is 0 Å². The number of carbonyl (C=O) groups is 1. The molecule has 5 nitrogen and oxygen atoms in total. The van der Waals surface area contributed by atoms with E-state index in [1.165, 1.54) is 0 Å². The highest BCUT2D eigenvalue weighted by Gasteiger charge is 2.13. The Bertz CT molecular complexity index is 542. The smallest absolute Gasteiger partial charge is 0.249 e. The van der Waals surface area contributed by atoms with Gasteiger partial charge in [0, 0.05) is 12.0 Å². The van der Waals surface area contributed by atoms with Crippen LogP contribution in [0.15, 0.2) is 24.3 Å². The lowest BCUT2D eigenvalue weighted by Gasteiger charge is -1.96. The van der Waals surface area contributed by atoms with Crippen LogP contribution in [0.1, 0.15) is 23.7 Å². The van der Waals surface area contributed by atoms with E-state index in [1.54, 1.807) is 6.92 Å². The van der Waals surface area contributed by atoms with Crippen LogP contribution < -0.4 is 5.73 Å². The van der Waals surface area contributed by atoms with Gasteiger partial charge in [-0.2, -0.15) is 9.67 Å². The fourth-order valence-electron chi connectivity index (χ4n) is 1.48. The monoisotopic (exact) mass is 230 g/mol. The third-order valence-electron chi connectivity index (χ3n) is 2.48. The lowest BCUT2D eigenvalue weighted by Crippen LogP contribution is -2.13. The van der Waals surface area contributed by atoms with Gasteiger partial charge in [-0.1, -0.05) is 36.8 Å². The molecule has 0 bridgehead atoms. The molecule has 0 saturated carbocycles. The largest absolute Gasteiger partial charge is 0.368 e. The van der Waals surface area contributed by atoms with Crippen LogP contribution >= 0.6 is 0 Å². The molecule has 0 saturated heterocycles. The number of benzene rings is 1. The molecule has 1 heterocycles. The maximum Gasteiger partial charge on any atom is 0.249 e. The maximum absolute atomic E-state index is 11.5. The topological polar surface area (TPSA) is 73.8 Å². The molecule has 0 atom stereocenters. The van der Waals surface area contributed by atoms with Gasteiger partial charge < -0.3 is 5.73 Å². The molecule has 0 aliphatic carbocycles. The third kappa shape index (κ3) is 2.18. The molecule has 5 heteroatoms. The summed E-state index contributed by atoms with van der Waals surface area (Å²) < 4.78 is 1.15. The molecule has 0 spiro atoms.